The van der Waals surface area contributed by atoms with E-state index in [9.17, 15) is 0 Å². The van der Waals surface area contributed by atoms with E-state index in [1.807, 2.05) is 12.1 Å². The van der Waals surface area contributed by atoms with Crippen molar-refractivity contribution in [3.8, 4) is 11.5 Å². The zero-order valence-corrected chi connectivity index (χ0v) is 11.0. The molecule has 0 atom stereocenters. The third-order valence-corrected chi connectivity index (χ3v) is 3.42. The zero-order valence-electron chi connectivity index (χ0n) is 10.2. The number of rotatable bonds is 1. The second-order valence-corrected chi connectivity index (χ2v) is 4.69. The van der Waals surface area contributed by atoms with E-state index >= 15 is 0 Å². The van der Waals surface area contributed by atoms with Crippen LogP contribution >= 0.6 is 11.6 Å². The predicted molar refractivity (Wildman–Crippen MR) is 71.7 cm³/mol. The molecule has 1 aromatic heterocycles. The topological polar surface area (TPSA) is 31.4 Å². The van der Waals surface area contributed by atoms with Gasteiger partial charge in [-0.15, -0.1) is 0 Å². The van der Waals surface area contributed by atoms with Gasteiger partial charge in [-0.2, -0.15) is 0 Å². The highest BCUT2D eigenvalue weighted by Gasteiger charge is 2.13. The third kappa shape index (κ3) is 1.99. The lowest BCUT2D eigenvalue weighted by atomic mass is 10.1. The maximum Gasteiger partial charge on any atom is 0.163 e. The number of aromatic nitrogens is 1. The number of aryl methyl sites for hydroxylation is 1. The Bertz CT molecular complexity index is 598. The first-order valence-electron chi connectivity index (χ1n) is 6.16. The van der Waals surface area contributed by atoms with E-state index in [1.165, 1.54) is 0 Å². The van der Waals surface area contributed by atoms with E-state index in [4.69, 9.17) is 21.1 Å². The van der Waals surface area contributed by atoms with Crippen LogP contribution in [0.1, 0.15) is 18.9 Å². The van der Waals surface area contributed by atoms with Gasteiger partial charge >= 0.3 is 0 Å². The van der Waals surface area contributed by atoms with Gasteiger partial charge in [0.2, 0.25) is 0 Å². The van der Waals surface area contributed by atoms with Gasteiger partial charge in [0.1, 0.15) is 5.15 Å². The molecule has 1 aliphatic rings. The fraction of sp³-hybridized carbons (Fsp3) is 0.357. The second kappa shape index (κ2) is 4.65. The molecule has 1 aliphatic heterocycles. The van der Waals surface area contributed by atoms with Crippen LogP contribution in [0.4, 0.5) is 0 Å². The zero-order chi connectivity index (χ0) is 12.5. The summed E-state index contributed by atoms with van der Waals surface area (Å²) in [5.41, 5.74) is 1.90. The highest BCUT2D eigenvalue weighted by Crippen LogP contribution is 2.34. The normalized spacial score (nSPS) is 14.6. The average molecular weight is 264 g/mol. The molecule has 0 N–H and O–H groups in total. The van der Waals surface area contributed by atoms with Crippen LogP contribution in [0.2, 0.25) is 5.15 Å². The van der Waals surface area contributed by atoms with E-state index in [-0.39, 0.29) is 0 Å². The van der Waals surface area contributed by atoms with Crippen molar-refractivity contribution in [3.63, 3.8) is 0 Å². The van der Waals surface area contributed by atoms with Crippen LogP contribution in [0, 0.1) is 0 Å². The van der Waals surface area contributed by atoms with Gasteiger partial charge in [0.25, 0.3) is 0 Å². The van der Waals surface area contributed by atoms with Crippen LogP contribution in [0.5, 0.6) is 11.5 Å². The van der Waals surface area contributed by atoms with E-state index in [2.05, 4.69) is 18.0 Å². The molecule has 0 bridgehead atoms. The van der Waals surface area contributed by atoms with Crippen molar-refractivity contribution in [1.29, 1.82) is 0 Å². The Balaban J connectivity index is 2.19. The summed E-state index contributed by atoms with van der Waals surface area (Å²) in [5.74, 6) is 1.55. The lowest BCUT2D eigenvalue weighted by molar-refractivity contribution is 0.297. The number of ether oxygens (including phenoxy) is 2. The molecule has 1 aromatic carbocycles. The summed E-state index contributed by atoms with van der Waals surface area (Å²) in [7, 11) is 0. The van der Waals surface area contributed by atoms with Crippen LogP contribution in [0.15, 0.2) is 18.2 Å². The number of nitrogens with zero attached hydrogens (tertiary/aromatic N) is 1. The van der Waals surface area contributed by atoms with Gasteiger partial charge in [0, 0.05) is 17.9 Å². The molecule has 0 amide bonds. The van der Waals surface area contributed by atoms with Gasteiger partial charge in [-0.25, -0.2) is 4.98 Å². The van der Waals surface area contributed by atoms with E-state index in [0.717, 1.165) is 40.8 Å². The monoisotopic (exact) mass is 263 g/mol. The highest BCUT2D eigenvalue weighted by atomic mass is 35.5. The molecule has 2 aromatic rings. The summed E-state index contributed by atoms with van der Waals surface area (Å²) in [6.45, 7) is 3.44. The largest absolute Gasteiger partial charge is 0.490 e. The lowest BCUT2D eigenvalue weighted by Crippen LogP contribution is -1.97. The lowest BCUT2D eigenvalue weighted by Gasteiger charge is -2.10. The summed E-state index contributed by atoms with van der Waals surface area (Å²) < 4.78 is 11.3. The minimum atomic E-state index is 0.569. The number of benzene rings is 1. The van der Waals surface area contributed by atoms with Crippen LogP contribution < -0.4 is 9.47 Å². The second-order valence-electron chi connectivity index (χ2n) is 4.33. The van der Waals surface area contributed by atoms with Gasteiger partial charge in [-0.1, -0.05) is 18.5 Å². The van der Waals surface area contributed by atoms with Crippen LogP contribution in [0.25, 0.3) is 10.9 Å². The summed E-state index contributed by atoms with van der Waals surface area (Å²) in [5, 5.41) is 1.61. The van der Waals surface area contributed by atoms with E-state index < -0.39 is 0 Å². The molecule has 4 heteroatoms. The van der Waals surface area contributed by atoms with Crippen molar-refractivity contribution >= 4 is 22.5 Å². The first-order chi connectivity index (χ1) is 8.78. The van der Waals surface area contributed by atoms with Crippen molar-refractivity contribution in [3.05, 3.63) is 28.9 Å². The average Bonchev–Trinajstić information content (AvgIpc) is 2.60. The number of hydrogen-bond donors (Lipinski definition) is 0. The molecule has 3 rings (SSSR count). The summed E-state index contributed by atoms with van der Waals surface area (Å²) in [6.07, 6.45) is 1.77. The quantitative estimate of drug-likeness (QED) is 0.737. The predicted octanol–water partition coefficient (Wildman–Crippen LogP) is 3.61. The first-order valence-corrected chi connectivity index (χ1v) is 6.54. The molecule has 0 unspecified atom stereocenters. The van der Waals surface area contributed by atoms with Gasteiger partial charge in [-0.05, 0) is 24.1 Å². The Kier molecular flexibility index (Phi) is 3.00. The molecule has 0 radical (unpaired) electrons. The van der Waals surface area contributed by atoms with Crippen molar-refractivity contribution in [2.75, 3.05) is 13.2 Å². The fourth-order valence-electron chi connectivity index (χ4n) is 2.10. The van der Waals surface area contributed by atoms with Crippen molar-refractivity contribution in [2.45, 2.75) is 19.8 Å². The Hall–Kier alpha value is -1.48. The van der Waals surface area contributed by atoms with E-state index in [0.29, 0.717) is 18.4 Å². The maximum absolute atomic E-state index is 6.14. The molecule has 0 aliphatic carbocycles. The number of fused-ring (bicyclic) bond motifs is 2. The Morgan fingerprint density at radius 2 is 1.89 bits per heavy atom. The number of pyridine rings is 1. The first kappa shape index (κ1) is 11.6. The summed E-state index contributed by atoms with van der Waals surface area (Å²) >= 11 is 6.14. The molecular weight excluding hydrogens is 250 g/mol. The smallest absolute Gasteiger partial charge is 0.163 e. The molecule has 3 nitrogen and oxygen atoms in total. The van der Waals surface area contributed by atoms with Crippen LogP contribution in [-0.2, 0) is 6.42 Å². The summed E-state index contributed by atoms with van der Waals surface area (Å²) in [6, 6.07) is 5.96. The molecule has 94 valence electrons. The SMILES string of the molecule is CCc1cc2cc3c(cc2nc1Cl)OCCCO3. The molecule has 0 fully saturated rings. The molecule has 0 spiro atoms. The third-order valence-electron chi connectivity index (χ3n) is 3.09. The fourth-order valence-corrected chi connectivity index (χ4v) is 2.38. The molecular formula is C14H14ClNO2. The Morgan fingerprint density at radius 3 is 2.61 bits per heavy atom. The Labute approximate surface area is 111 Å². The summed E-state index contributed by atoms with van der Waals surface area (Å²) in [4.78, 5) is 4.42. The Morgan fingerprint density at radius 1 is 1.17 bits per heavy atom. The molecule has 2 heterocycles. The molecule has 0 saturated carbocycles. The molecule has 18 heavy (non-hydrogen) atoms. The number of hydrogen-bond acceptors (Lipinski definition) is 3. The number of halogens is 1. The minimum absolute atomic E-state index is 0.569. The van der Waals surface area contributed by atoms with Crippen LogP contribution in [0.3, 0.4) is 0 Å². The van der Waals surface area contributed by atoms with Gasteiger partial charge < -0.3 is 9.47 Å². The van der Waals surface area contributed by atoms with Gasteiger partial charge in [0.15, 0.2) is 11.5 Å². The highest BCUT2D eigenvalue weighted by molar-refractivity contribution is 6.30. The van der Waals surface area contributed by atoms with Crippen molar-refractivity contribution < 1.29 is 9.47 Å². The van der Waals surface area contributed by atoms with Crippen molar-refractivity contribution in [1.82, 2.24) is 4.98 Å². The standard InChI is InChI=1S/C14H14ClNO2/c1-2-9-6-10-7-12-13(18-5-3-4-17-12)8-11(10)16-14(9)15/h6-8H,2-5H2,1H3. The molecule has 0 saturated heterocycles. The minimum Gasteiger partial charge on any atom is -0.490 e. The van der Waals surface area contributed by atoms with Crippen LogP contribution in [-0.4, -0.2) is 18.2 Å². The van der Waals surface area contributed by atoms with Gasteiger partial charge in [0.05, 0.1) is 18.7 Å². The van der Waals surface area contributed by atoms with E-state index in [1.54, 1.807) is 0 Å². The van der Waals surface area contributed by atoms with Gasteiger partial charge in [-0.3, -0.25) is 0 Å². The maximum atomic E-state index is 6.14. The van der Waals surface area contributed by atoms with Crippen molar-refractivity contribution in [2.24, 2.45) is 0 Å².